The molecule has 24 heavy (non-hydrogen) atoms. The third kappa shape index (κ3) is 2.74. The van der Waals surface area contributed by atoms with Crippen molar-refractivity contribution in [2.45, 2.75) is 0 Å². The molecule has 0 atom stereocenters. The third-order valence-corrected chi connectivity index (χ3v) is 4.16. The van der Waals surface area contributed by atoms with E-state index in [1.54, 1.807) is 7.11 Å². The van der Waals surface area contributed by atoms with Crippen molar-refractivity contribution in [2.24, 2.45) is 0 Å². The Bertz CT molecular complexity index is 1050. The summed E-state index contributed by atoms with van der Waals surface area (Å²) in [6.07, 6.45) is 4.08. The fourth-order valence-electron chi connectivity index (χ4n) is 2.92. The maximum Gasteiger partial charge on any atom is 0.119 e. The topological polar surface area (TPSA) is 22.1 Å². The molecule has 4 aromatic rings. The van der Waals surface area contributed by atoms with E-state index in [1.165, 1.54) is 16.2 Å². The normalized spacial score (nSPS) is 11.4. The first-order chi connectivity index (χ1) is 11.8. The van der Waals surface area contributed by atoms with E-state index in [2.05, 4.69) is 54.6 Å². The van der Waals surface area contributed by atoms with Gasteiger partial charge >= 0.3 is 0 Å². The van der Waals surface area contributed by atoms with Crippen molar-refractivity contribution >= 4 is 33.8 Å². The van der Waals surface area contributed by atoms with Gasteiger partial charge < -0.3 is 4.74 Å². The minimum absolute atomic E-state index is 0.857. The molecule has 4 rings (SSSR count). The molecule has 0 unspecified atom stereocenters. The fourth-order valence-corrected chi connectivity index (χ4v) is 2.92. The molecule has 0 saturated carbocycles. The van der Waals surface area contributed by atoms with Crippen LogP contribution in [0.5, 0.6) is 5.75 Å². The highest BCUT2D eigenvalue weighted by molar-refractivity contribution is 6.06. The zero-order chi connectivity index (χ0) is 16.4. The lowest BCUT2D eigenvalue weighted by molar-refractivity contribution is 0.414. The average molecular weight is 311 g/mol. The van der Waals surface area contributed by atoms with E-state index >= 15 is 0 Å². The summed E-state index contributed by atoms with van der Waals surface area (Å²) in [5.41, 5.74) is 3.05. The molecule has 0 aliphatic carbocycles. The van der Waals surface area contributed by atoms with Gasteiger partial charge in [0.1, 0.15) is 5.75 Å². The van der Waals surface area contributed by atoms with Gasteiger partial charge in [-0.1, -0.05) is 54.6 Å². The maximum absolute atomic E-state index is 5.26. The number of benzene rings is 3. The maximum atomic E-state index is 5.26. The molecule has 2 nitrogen and oxygen atoms in total. The lowest BCUT2D eigenvalue weighted by Gasteiger charge is -2.04. The first-order valence-electron chi connectivity index (χ1n) is 7.94. The number of nitrogens with zero attached hydrogens (tertiary/aromatic N) is 1. The number of aromatic nitrogens is 1. The summed E-state index contributed by atoms with van der Waals surface area (Å²) in [5.74, 6) is 0.857. The predicted octanol–water partition coefficient (Wildman–Crippen LogP) is 5.57. The molecule has 0 saturated heterocycles. The Hall–Kier alpha value is -3.13. The zero-order valence-electron chi connectivity index (χ0n) is 13.4. The lowest BCUT2D eigenvalue weighted by Crippen LogP contribution is -1.85. The fraction of sp³-hybridized carbons (Fsp3) is 0.0455. The molecule has 0 fully saturated rings. The molecule has 0 aliphatic heterocycles. The van der Waals surface area contributed by atoms with Crippen molar-refractivity contribution in [3.8, 4) is 5.75 Å². The Balaban J connectivity index is 1.72. The van der Waals surface area contributed by atoms with Gasteiger partial charge in [0.05, 0.1) is 18.3 Å². The first-order valence-corrected chi connectivity index (χ1v) is 7.94. The van der Waals surface area contributed by atoms with E-state index in [0.717, 1.165) is 22.5 Å². The zero-order valence-corrected chi connectivity index (χ0v) is 13.4. The van der Waals surface area contributed by atoms with Crippen molar-refractivity contribution in [3.63, 3.8) is 0 Å². The van der Waals surface area contributed by atoms with Gasteiger partial charge in [0.2, 0.25) is 0 Å². The summed E-state index contributed by atoms with van der Waals surface area (Å²) in [6, 6.07) is 24.8. The minimum Gasteiger partial charge on any atom is -0.497 e. The molecule has 2 heteroatoms. The summed E-state index contributed by atoms with van der Waals surface area (Å²) in [5, 5.41) is 3.67. The van der Waals surface area contributed by atoms with Crippen LogP contribution in [-0.2, 0) is 0 Å². The van der Waals surface area contributed by atoms with Crippen LogP contribution in [0.25, 0.3) is 33.8 Å². The number of methoxy groups -OCH3 is 1. The molecule has 1 aromatic heterocycles. The van der Waals surface area contributed by atoms with Crippen LogP contribution in [0.3, 0.4) is 0 Å². The Morgan fingerprint density at radius 2 is 1.71 bits per heavy atom. The van der Waals surface area contributed by atoms with Crippen molar-refractivity contribution in [3.05, 3.63) is 84.1 Å². The molecule has 0 N–H and O–H groups in total. The number of hydrogen-bond acceptors (Lipinski definition) is 2. The average Bonchev–Trinajstić information content (AvgIpc) is 2.66. The highest BCUT2D eigenvalue weighted by Gasteiger charge is 2.01. The predicted molar refractivity (Wildman–Crippen MR) is 101 cm³/mol. The van der Waals surface area contributed by atoms with Gasteiger partial charge in [0, 0.05) is 5.39 Å². The van der Waals surface area contributed by atoms with Crippen molar-refractivity contribution in [2.75, 3.05) is 7.11 Å². The number of fused-ring (bicyclic) bond motifs is 3. The monoisotopic (exact) mass is 311 g/mol. The van der Waals surface area contributed by atoms with Gasteiger partial charge in [-0.25, -0.2) is 4.98 Å². The van der Waals surface area contributed by atoms with E-state index in [4.69, 9.17) is 9.72 Å². The third-order valence-electron chi connectivity index (χ3n) is 4.16. The Labute approximate surface area is 141 Å². The standard InChI is InChI=1S/C22H17NO/c1-24-19-7-4-5-16(15-19)9-11-18-12-13-21-20-8-3-2-6-17(20)10-14-22(21)23-18/h2-15H,1H3/b11-9+. The summed E-state index contributed by atoms with van der Waals surface area (Å²) >= 11 is 0. The van der Waals surface area contributed by atoms with Gasteiger partial charge in [0.25, 0.3) is 0 Å². The molecule has 0 bridgehead atoms. The number of ether oxygens (including phenoxy) is 1. The molecule has 1 heterocycles. The van der Waals surface area contributed by atoms with Crippen LogP contribution in [0.1, 0.15) is 11.3 Å². The Morgan fingerprint density at radius 3 is 2.62 bits per heavy atom. The van der Waals surface area contributed by atoms with Crippen molar-refractivity contribution < 1.29 is 4.74 Å². The van der Waals surface area contributed by atoms with Crippen LogP contribution in [0.2, 0.25) is 0 Å². The summed E-state index contributed by atoms with van der Waals surface area (Å²) in [4.78, 5) is 4.76. The van der Waals surface area contributed by atoms with E-state index in [-0.39, 0.29) is 0 Å². The Morgan fingerprint density at radius 1 is 0.792 bits per heavy atom. The van der Waals surface area contributed by atoms with Crippen LogP contribution < -0.4 is 4.74 Å². The first kappa shape index (κ1) is 14.5. The van der Waals surface area contributed by atoms with Gasteiger partial charge in [-0.15, -0.1) is 0 Å². The smallest absolute Gasteiger partial charge is 0.119 e. The van der Waals surface area contributed by atoms with Crippen LogP contribution in [0.15, 0.2) is 72.8 Å². The quantitative estimate of drug-likeness (QED) is 0.462. The second-order valence-electron chi connectivity index (χ2n) is 5.70. The molecule has 0 amide bonds. The molecule has 116 valence electrons. The number of pyridine rings is 1. The molecular formula is C22H17NO. The summed E-state index contributed by atoms with van der Waals surface area (Å²) < 4.78 is 5.26. The molecule has 0 spiro atoms. The van der Waals surface area contributed by atoms with Gasteiger partial charge in [-0.05, 0) is 46.7 Å². The van der Waals surface area contributed by atoms with E-state index in [0.29, 0.717) is 0 Å². The van der Waals surface area contributed by atoms with Crippen LogP contribution in [0, 0.1) is 0 Å². The molecule has 0 aliphatic rings. The largest absolute Gasteiger partial charge is 0.497 e. The van der Waals surface area contributed by atoms with E-state index in [9.17, 15) is 0 Å². The van der Waals surface area contributed by atoms with Crippen molar-refractivity contribution in [1.29, 1.82) is 0 Å². The SMILES string of the molecule is COc1cccc(/C=C/c2ccc3c(ccc4ccccc43)n2)c1. The van der Waals surface area contributed by atoms with E-state index < -0.39 is 0 Å². The number of rotatable bonds is 3. The lowest BCUT2D eigenvalue weighted by atomic mass is 10.0. The summed E-state index contributed by atoms with van der Waals surface area (Å²) in [6.45, 7) is 0. The van der Waals surface area contributed by atoms with Gasteiger partial charge in [0.15, 0.2) is 0 Å². The van der Waals surface area contributed by atoms with Crippen LogP contribution in [0.4, 0.5) is 0 Å². The van der Waals surface area contributed by atoms with Gasteiger partial charge in [-0.3, -0.25) is 0 Å². The highest BCUT2D eigenvalue weighted by atomic mass is 16.5. The second-order valence-corrected chi connectivity index (χ2v) is 5.70. The van der Waals surface area contributed by atoms with Crippen LogP contribution in [-0.4, -0.2) is 12.1 Å². The van der Waals surface area contributed by atoms with E-state index in [1.807, 2.05) is 30.3 Å². The minimum atomic E-state index is 0.857. The molecular weight excluding hydrogens is 294 g/mol. The molecule has 0 radical (unpaired) electrons. The summed E-state index contributed by atoms with van der Waals surface area (Å²) in [7, 11) is 1.68. The number of hydrogen-bond donors (Lipinski definition) is 0. The van der Waals surface area contributed by atoms with Gasteiger partial charge in [-0.2, -0.15) is 0 Å². The Kier molecular flexibility index (Phi) is 3.72. The van der Waals surface area contributed by atoms with Crippen LogP contribution >= 0.6 is 0 Å². The highest BCUT2D eigenvalue weighted by Crippen LogP contribution is 2.24. The molecule has 3 aromatic carbocycles. The van der Waals surface area contributed by atoms with Crippen molar-refractivity contribution in [1.82, 2.24) is 4.98 Å². The second kappa shape index (κ2) is 6.17.